The summed E-state index contributed by atoms with van der Waals surface area (Å²) in [5, 5.41) is 5.14. The van der Waals surface area contributed by atoms with Crippen molar-refractivity contribution < 1.29 is 4.74 Å². The maximum absolute atomic E-state index is 6.36. The van der Waals surface area contributed by atoms with Gasteiger partial charge in [-0.1, -0.05) is 18.5 Å². The number of methoxy groups -OCH3 is 1. The minimum Gasteiger partial charge on any atom is -0.496 e. The van der Waals surface area contributed by atoms with Crippen LogP contribution in [0.4, 0.5) is 0 Å². The number of hydrogen-bond donors (Lipinski definition) is 1. The van der Waals surface area contributed by atoms with Crippen molar-refractivity contribution >= 4 is 27.5 Å². The Morgan fingerprint density at radius 2 is 2.19 bits per heavy atom. The lowest BCUT2D eigenvalue weighted by Gasteiger charge is -2.16. The molecule has 1 aromatic heterocycles. The highest BCUT2D eigenvalue weighted by atomic mass is 79.9. The summed E-state index contributed by atoms with van der Waals surface area (Å²) in [6.45, 7) is 2.08. The van der Waals surface area contributed by atoms with E-state index in [0.29, 0.717) is 11.4 Å². The van der Waals surface area contributed by atoms with E-state index in [1.807, 2.05) is 23.9 Å². The van der Waals surface area contributed by atoms with Gasteiger partial charge in [-0.15, -0.1) is 0 Å². The maximum Gasteiger partial charge on any atom is 0.123 e. The van der Waals surface area contributed by atoms with Gasteiger partial charge in [0.2, 0.25) is 0 Å². The van der Waals surface area contributed by atoms with Crippen molar-refractivity contribution in [2.45, 2.75) is 25.8 Å². The van der Waals surface area contributed by atoms with E-state index >= 15 is 0 Å². The predicted octanol–water partition coefficient (Wildman–Crippen LogP) is 3.65. The van der Waals surface area contributed by atoms with Crippen LogP contribution in [0.3, 0.4) is 0 Å². The van der Waals surface area contributed by atoms with Crippen LogP contribution < -0.4 is 10.5 Å². The molecule has 0 amide bonds. The first kappa shape index (κ1) is 16.3. The van der Waals surface area contributed by atoms with Crippen molar-refractivity contribution in [2.24, 2.45) is 12.8 Å². The summed E-state index contributed by atoms with van der Waals surface area (Å²) in [4.78, 5) is 0. The molecule has 0 fully saturated rings. The second-order valence-corrected chi connectivity index (χ2v) is 6.11. The molecule has 0 aliphatic rings. The Labute approximate surface area is 138 Å². The molecular weight excluding hydrogens is 354 g/mol. The molecule has 4 nitrogen and oxygen atoms in total. The van der Waals surface area contributed by atoms with E-state index in [1.54, 1.807) is 13.2 Å². The molecule has 0 radical (unpaired) electrons. The number of nitrogens with two attached hydrogens (primary N) is 1. The molecule has 0 aliphatic carbocycles. The lowest BCUT2D eigenvalue weighted by Crippen LogP contribution is -2.16. The van der Waals surface area contributed by atoms with E-state index in [1.165, 1.54) is 0 Å². The average Bonchev–Trinajstić information content (AvgIpc) is 2.74. The molecule has 0 spiro atoms. The summed E-state index contributed by atoms with van der Waals surface area (Å²) in [5.41, 5.74) is 9.37. The fourth-order valence-corrected chi connectivity index (χ4v) is 3.31. The number of benzene rings is 1. The van der Waals surface area contributed by atoms with Crippen LogP contribution in [0, 0.1) is 0 Å². The Kier molecular flexibility index (Phi) is 5.30. The SMILES string of the molecule is CCc1nn(C)c(CC(N)c2cc(Cl)ccc2OC)c1Br. The van der Waals surface area contributed by atoms with E-state index in [4.69, 9.17) is 22.1 Å². The Bertz CT molecular complexity index is 642. The van der Waals surface area contributed by atoms with Gasteiger partial charge in [-0.2, -0.15) is 5.10 Å². The Balaban J connectivity index is 2.32. The number of halogens is 2. The summed E-state index contributed by atoms with van der Waals surface area (Å²) in [5.74, 6) is 0.751. The number of hydrogen-bond acceptors (Lipinski definition) is 3. The van der Waals surface area contributed by atoms with Gasteiger partial charge >= 0.3 is 0 Å². The molecule has 1 heterocycles. The zero-order valence-electron chi connectivity index (χ0n) is 12.4. The second kappa shape index (κ2) is 6.81. The van der Waals surface area contributed by atoms with Crippen molar-refractivity contribution in [2.75, 3.05) is 7.11 Å². The fourth-order valence-electron chi connectivity index (χ4n) is 2.35. The van der Waals surface area contributed by atoms with Crippen LogP contribution in [0.1, 0.15) is 29.9 Å². The maximum atomic E-state index is 6.36. The second-order valence-electron chi connectivity index (χ2n) is 4.88. The predicted molar refractivity (Wildman–Crippen MR) is 88.9 cm³/mol. The van der Waals surface area contributed by atoms with Crippen LogP contribution in [0.15, 0.2) is 22.7 Å². The minimum atomic E-state index is -0.213. The minimum absolute atomic E-state index is 0.213. The van der Waals surface area contributed by atoms with Gasteiger partial charge in [0, 0.05) is 30.1 Å². The summed E-state index contributed by atoms with van der Waals surface area (Å²) < 4.78 is 8.28. The number of rotatable bonds is 5. The van der Waals surface area contributed by atoms with Crippen LogP contribution in [0.5, 0.6) is 5.75 Å². The van der Waals surface area contributed by atoms with Gasteiger partial charge in [0.25, 0.3) is 0 Å². The van der Waals surface area contributed by atoms with Crippen LogP contribution >= 0.6 is 27.5 Å². The molecule has 114 valence electrons. The number of nitrogens with zero attached hydrogens (tertiary/aromatic N) is 2. The molecule has 0 saturated heterocycles. The number of ether oxygens (including phenoxy) is 1. The third-order valence-corrected chi connectivity index (χ3v) is 4.66. The molecule has 21 heavy (non-hydrogen) atoms. The van der Waals surface area contributed by atoms with Crippen molar-refractivity contribution in [3.63, 3.8) is 0 Å². The topological polar surface area (TPSA) is 53.1 Å². The molecule has 0 saturated carbocycles. The van der Waals surface area contributed by atoms with E-state index in [-0.39, 0.29) is 6.04 Å². The van der Waals surface area contributed by atoms with Gasteiger partial charge < -0.3 is 10.5 Å². The summed E-state index contributed by atoms with van der Waals surface area (Å²) in [7, 11) is 3.57. The van der Waals surface area contributed by atoms with Crippen molar-refractivity contribution in [3.05, 3.63) is 44.6 Å². The standard InChI is InChI=1S/C15H19BrClN3O/c1-4-12-15(16)13(20(2)19-12)8-11(18)10-7-9(17)5-6-14(10)21-3/h5-7,11H,4,8,18H2,1-3H3. The Morgan fingerprint density at radius 1 is 1.48 bits per heavy atom. The first-order valence-electron chi connectivity index (χ1n) is 6.77. The molecule has 0 aliphatic heterocycles. The molecule has 6 heteroatoms. The van der Waals surface area contributed by atoms with Gasteiger partial charge in [-0.05, 0) is 40.5 Å². The lowest BCUT2D eigenvalue weighted by molar-refractivity contribution is 0.405. The smallest absolute Gasteiger partial charge is 0.123 e. The van der Waals surface area contributed by atoms with E-state index in [0.717, 1.165) is 33.6 Å². The van der Waals surface area contributed by atoms with Crippen LogP contribution in [0.2, 0.25) is 5.02 Å². The number of aromatic nitrogens is 2. The molecular formula is C15H19BrClN3O. The molecule has 1 atom stereocenters. The van der Waals surface area contributed by atoms with E-state index in [9.17, 15) is 0 Å². The highest BCUT2D eigenvalue weighted by molar-refractivity contribution is 9.10. The molecule has 2 aromatic rings. The van der Waals surface area contributed by atoms with Crippen LogP contribution in [0.25, 0.3) is 0 Å². The van der Waals surface area contributed by atoms with Gasteiger partial charge in [0.05, 0.1) is 23.0 Å². The Morgan fingerprint density at radius 3 is 2.76 bits per heavy atom. The zero-order chi connectivity index (χ0) is 15.6. The normalized spacial score (nSPS) is 12.5. The molecule has 2 N–H and O–H groups in total. The fraction of sp³-hybridized carbons (Fsp3) is 0.400. The van der Waals surface area contributed by atoms with Crippen molar-refractivity contribution in [1.82, 2.24) is 9.78 Å². The third-order valence-electron chi connectivity index (χ3n) is 3.51. The zero-order valence-corrected chi connectivity index (χ0v) is 14.7. The highest BCUT2D eigenvalue weighted by Gasteiger charge is 2.19. The number of aryl methyl sites for hydroxylation is 2. The van der Waals surface area contributed by atoms with Crippen molar-refractivity contribution in [1.29, 1.82) is 0 Å². The third kappa shape index (κ3) is 3.42. The van der Waals surface area contributed by atoms with Gasteiger partial charge in [0.1, 0.15) is 5.75 Å². The lowest BCUT2D eigenvalue weighted by atomic mass is 10.0. The molecule has 0 bridgehead atoms. The van der Waals surface area contributed by atoms with Crippen LogP contribution in [-0.2, 0) is 19.9 Å². The van der Waals surface area contributed by atoms with Crippen LogP contribution in [-0.4, -0.2) is 16.9 Å². The quantitative estimate of drug-likeness (QED) is 0.871. The van der Waals surface area contributed by atoms with Gasteiger partial charge in [-0.25, -0.2) is 0 Å². The largest absolute Gasteiger partial charge is 0.496 e. The molecule has 1 aromatic carbocycles. The van der Waals surface area contributed by atoms with E-state index < -0.39 is 0 Å². The molecule has 1 unspecified atom stereocenters. The summed E-state index contributed by atoms with van der Waals surface area (Å²) in [6.07, 6.45) is 1.53. The van der Waals surface area contributed by atoms with Gasteiger partial charge in [-0.3, -0.25) is 4.68 Å². The first-order chi connectivity index (χ1) is 9.97. The van der Waals surface area contributed by atoms with E-state index in [2.05, 4.69) is 28.0 Å². The highest BCUT2D eigenvalue weighted by Crippen LogP contribution is 2.31. The monoisotopic (exact) mass is 371 g/mol. The van der Waals surface area contributed by atoms with Crippen molar-refractivity contribution in [3.8, 4) is 5.75 Å². The Hall–Kier alpha value is -1.04. The molecule has 2 rings (SSSR count). The summed E-state index contributed by atoms with van der Waals surface area (Å²) >= 11 is 9.69. The van der Waals surface area contributed by atoms with Gasteiger partial charge in [0.15, 0.2) is 0 Å². The average molecular weight is 373 g/mol. The first-order valence-corrected chi connectivity index (χ1v) is 7.94. The summed E-state index contributed by atoms with van der Waals surface area (Å²) in [6, 6.07) is 5.28.